The molecule has 0 aliphatic rings. The van der Waals surface area contributed by atoms with E-state index in [0.717, 1.165) is 24.2 Å². The van der Waals surface area contributed by atoms with Crippen molar-refractivity contribution in [2.75, 3.05) is 6.61 Å². The Morgan fingerprint density at radius 2 is 1.78 bits per heavy atom. The molecule has 23 heavy (non-hydrogen) atoms. The highest BCUT2D eigenvalue weighted by Crippen LogP contribution is 2.18. The van der Waals surface area contributed by atoms with Crippen LogP contribution < -0.4 is 10.1 Å². The predicted molar refractivity (Wildman–Crippen MR) is 93.5 cm³/mol. The Kier molecular flexibility index (Phi) is 6.67. The average molecular weight is 311 g/mol. The van der Waals surface area contributed by atoms with E-state index in [-0.39, 0.29) is 11.9 Å². The number of rotatable bonds is 8. The maximum Gasteiger partial charge on any atom is 0.220 e. The van der Waals surface area contributed by atoms with Crippen molar-refractivity contribution in [1.29, 1.82) is 0 Å². The summed E-state index contributed by atoms with van der Waals surface area (Å²) in [7, 11) is 0. The Hall–Kier alpha value is -2.29. The Morgan fingerprint density at radius 3 is 2.43 bits per heavy atom. The van der Waals surface area contributed by atoms with Gasteiger partial charge in [0.1, 0.15) is 5.75 Å². The van der Waals surface area contributed by atoms with Gasteiger partial charge in [-0.1, -0.05) is 42.5 Å². The van der Waals surface area contributed by atoms with Gasteiger partial charge < -0.3 is 10.1 Å². The summed E-state index contributed by atoms with van der Waals surface area (Å²) >= 11 is 0. The first-order valence-electron chi connectivity index (χ1n) is 8.25. The van der Waals surface area contributed by atoms with Gasteiger partial charge in [-0.3, -0.25) is 4.79 Å². The zero-order valence-corrected chi connectivity index (χ0v) is 13.9. The molecule has 3 nitrogen and oxygen atoms in total. The number of amides is 1. The van der Waals surface area contributed by atoms with Crippen LogP contribution in [0.2, 0.25) is 0 Å². The molecule has 2 aromatic rings. The average Bonchev–Trinajstić information content (AvgIpc) is 2.57. The summed E-state index contributed by atoms with van der Waals surface area (Å²) in [5, 5.41) is 3.05. The first-order valence-corrected chi connectivity index (χ1v) is 8.25. The summed E-state index contributed by atoms with van der Waals surface area (Å²) in [5.41, 5.74) is 2.37. The molecular weight excluding hydrogens is 286 g/mol. The summed E-state index contributed by atoms with van der Waals surface area (Å²) in [6.45, 7) is 4.63. The maximum atomic E-state index is 12.1. The first-order chi connectivity index (χ1) is 11.2. The third-order valence-electron chi connectivity index (χ3n) is 3.78. The second-order valence-corrected chi connectivity index (χ2v) is 5.63. The molecule has 0 fully saturated rings. The second-order valence-electron chi connectivity index (χ2n) is 5.63. The smallest absolute Gasteiger partial charge is 0.220 e. The number of ether oxygens (including phenoxy) is 1. The highest BCUT2D eigenvalue weighted by atomic mass is 16.5. The van der Waals surface area contributed by atoms with Gasteiger partial charge in [0.2, 0.25) is 5.91 Å². The molecule has 2 rings (SSSR count). The quantitative estimate of drug-likeness (QED) is 0.790. The zero-order chi connectivity index (χ0) is 16.5. The van der Waals surface area contributed by atoms with Crippen molar-refractivity contribution in [2.45, 2.75) is 39.2 Å². The lowest BCUT2D eigenvalue weighted by atomic mass is 10.1. The second kappa shape index (κ2) is 8.99. The van der Waals surface area contributed by atoms with Gasteiger partial charge in [0, 0.05) is 6.42 Å². The molecule has 1 atom stereocenters. The number of hydrogen-bond acceptors (Lipinski definition) is 2. The summed E-state index contributed by atoms with van der Waals surface area (Å²) in [4.78, 5) is 12.1. The van der Waals surface area contributed by atoms with Crippen LogP contribution in [0.15, 0.2) is 54.6 Å². The Bertz CT molecular complexity index is 593. The fourth-order valence-electron chi connectivity index (χ4n) is 2.51. The molecule has 0 aromatic heterocycles. The lowest BCUT2D eigenvalue weighted by Crippen LogP contribution is -2.26. The van der Waals surface area contributed by atoms with Crippen LogP contribution >= 0.6 is 0 Å². The molecular formula is C20H25NO2. The molecule has 0 bridgehead atoms. The van der Waals surface area contributed by atoms with Gasteiger partial charge in [0.05, 0.1) is 12.6 Å². The minimum Gasteiger partial charge on any atom is -0.494 e. The fourth-order valence-corrected chi connectivity index (χ4v) is 2.51. The van der Waals surface area contributed by atoms with Gasteiger partial charge in [-0.15, -0.1) is 0 Å². The Morgan fingerprint density at radius 1 is 1.09 bits per heavy atom. The van der Waals surface area contributed by atoms with Crippen LogP contribution in [0.25, 0.3) is 0 Å². The SMILES string of the molecule is CCOc1ccc(C(C)NC(=O)CCCc2ccccc2)cc1. The van der Waals surface area contributed by atoms with Gasteiger partial charge in [-0.05, 0) is 49.9 Å². The molecule has 1 amide bonds. The highest BCUT2D eigenvalue weighted by molar-refractivity contribution is 5.76. The van der Waals surface area contributed by atoms with E-state index in [2.05, 4.69) is 17.4 Å². The third kappa shape index (κ3) is 5.78. The van der Waals surface area contributed by atoms with Crippen LogP contribution in [-0.4, -0.2) is 12.5 Å². The number of aryl methyl sites for hydroxylation is 1. The molecule has 0 saturated heterocycles. The van der Waals surface area contributed by atoms with Crippen molar-refractivity contribution in [2.24, 2.45) is 0 Å². The summed E-state index contributed by atoms with van der Waals surface area (Å²) < 4.78 is 5.43. The van der Waals surface area contributed by atoms with Crippen molar-refractivity contribution in [1.82, 2.24) is 5.32 Å². The van der Waals surface area contributed by atoms with E-state index in [4.69, 9.17) is 4.74 Å². The van der Waals surface area contributed by atoms with Crippen molar-refractivity contribution >= 4 is 5.91 Å². The number of nitrogens with one attached hydrogen (secondary N) is 1. The lowest BCUT2D eigenvalue weighted by molar-refractivity contribution is -0.121. The number of hydrogen-bond donors (Lipinski definition) is 1. The maximum absolute atomic E-state index is 12.1. The van der Waals surface area contributed by atoms with Crippen LogP contribution in [0.1, 0.15) is 43.9 Å². The molecule has 3 heteroatoms. The predicted octanol–water partition coefficient (Wildman–Crippen LogP) is 4.29. The standard InChI is InChI=1S/C20H25NO2/c1-3-23-19-14-12-18(13-15-19)16(2)21-20(22)11-7-10-17-8-5-4-6-9-17/h4-6,8-9,12-16H,3,7,10-11H2,1-2H3,(H,21,22). The van der Waals surface area contributed by atoms with Crippen LogP contribution in [0.3, 0.4) is 0 Å². The van der Waals surface area contributed by atoms with Gasteiger partial charge in [-0.25, -0.2) is 0 Å². The van der Waals surface area contributed by atoms with E-state index >= 15 is 0 Å². The molecule has 0 radical (unpaired) electrons. The zero-order valence-electron chi connectivity index (χ0n) is 13.9. The Labute approximate surface area is 138 Å². The molecule has 0 aliphatic heterocycles. The molecule has 0 heterocycles. The van der Waals surface area contributed by atoms with E-state index < -0.39 is 0 Å². The van der Waals surface area contributed by atoms with E-state index in [1.807, 2.05) is 56.3 Å². The fraction of sp³-hybridized carbons (Fsp3) is 0.350. The molecule has 1 unspecified atom stereocenters. The minimum absolute atomic E-state index is 0.00917. The number of benzene rings is 2. The van der Waals surface area contributed by atoms with Crippen molar-refractivity contribution in [3.05, 3.63) is 65.7 Å². The normalized spacial score (nSPS) is 11.7. The largest absolute Gasteiger partial charge is 0.494 e. The third-order valence-corrected chi connectivity index (χ3v) is 3.78. The first kappa shape index (κ1) is 17.1. The van der Waals surface area contributed by atoms with Gasteiger partial charge in [-0.2, -0.15) is 0 Å². The summed E-state index contributed by atoms with van der Waals surface area (Å²) in [5.74, 6) is 0.958. The highest BCUT2D eigenvalue weighted by Gasteiger charge is 2.09. The van der Waals surface area contributed by atoms with Crippen molar-refractivity contribution in [3.8, 4) is 5.75 Å². The molecule has 0 aliphatic carbocycles. The summed E-state index contributed by atoms with van der Waals surface area (Å²) in [6, 6.07) is 18.2. The minimum atomic E-state index is 0.00917. The number of carbonyl (C=O) groups excluding carboxylic acids is 1. The van der Waals surface area contributed by atoms with Gasteiger partial charge in [0.15, 0.2) is 0 Å². The van der Waals surface area contributed by atoms with Gasteiger partial charge in [0.25, 0.3) is 0 Å². The topological polar surface area (TPSA) is 38.3 Å². The van der Waals surface area contributed by atoms with Crippen LogP contribution in [0.5, 0.6) is 5.75 Å². The van der Waals surface area contributed by atoms with Crippen molar-refractivity contribution < 1.29 is 9.53 Å². The Balaban J connectivity index is 1.75. The van der Waals surface area contributed by atoms with E-state index in [1.54, 1.807) is 0 Å². The van der Waals surface area contributed by atoms with Crippen LogP contribution in [-0.2, 0) is 11.2 Å². The van der Waals surface area contributed by atoms with E-state index in [9.17, 15) is 4.79 Å². The monoisotopic (exact) mass is 311 g/mol. The molecule has 122 valence electrons. The van der Waals surface area contributed by atoms with E-state index in [1.165, 1.54) is 5.56 Å². The van der Waals surface area contributed by atoms with Crippen LogP contribution in [0.4, 0.5) is 0 Å². The lowest BCUT2D eigenvalue weighted by Gasteiger charge is -2.15. The molecule has 2 aromatic carbocycles. The number of carbonyl (C=O) groups is 1. The van der Waals surface area contributed by atoms with Crippen LogP contribution in [0, 0.1) is 0 Å². The molecule has 0 spiro atoms. The van der Waals surface area contributed by atoms with Crippen molar-refractivity contribution in [3.63, 3.8) is 0 Å². The molecule has 1 N–H and O–H groups in total. The molecule has 0 saturated carbocycles. The van der Waals surface area contributed by atoms with Gasteiger partial charge >= 0.3 is 0 Å². The van der Waals surface area contributed by atoms with E-state index in [0.29, 0.717) is 13.0 Å². The summed E-state index contributed by atoms with van der Waals surface area (Å²) in [6.07, 6.45) is 2.35.